The van der Waals surface area contributed by atoms with Crippen LogP contribution in [0.2, 0.25) is 0 Å². The molecule has 1 aromatic heterocycles. The molecule has 1 N–H and O–H groups in total. The first-order valence-corrected chi connectivity index (χ1v) is 7.78. The van der Waals surface area contributed by atoms with E-state index < -0.39 is 14.2 Å². The minimum atomic E-state index is -2.45. The van der Waals surface area contributed by atoms with Crippen LogP contribution in [0.3, 0.4) is 0 Å². The molecule has 1 atom stereocenters. The summed E-state index contributed by atoms with van der Waals surface area (Å²) in [6, 6.07) is 0. The van der Waals surface area contributed by atoms with Crippen molar-refractivity contribution in [3.8, 4) is 0 Å². The Morgan fingerprint density at radius 3 is 2.88 bits per heavy atom. The van der Waals surface area contributed by atoms with Gasteiger partial charge in [-0.1, -0.05) is 0 Å². The molecule has 1 unspecified atom stereocenters. The quantitative estimate of drug-likeness (QED) is 0.622. The van der Waals surface area contributed by atoms with E-state index in [9.17, 15) is 3.83 Å². The molecular weight excluding hydrogens is 305 g/mol. The van der Waals surface area contributed by atoms with E-state index >= 15 is 0 Å². The standard InChI is InChI=1S/C3H2O2Se3/c4-8(5)3-6-1-2-7-3/h1-2H/p+1. The van der Waals surface area contributed by atoms with Crippen molar-refractivity contribution in [1.82, 2.24) is 0 Å². The molecule has 5 heteroatoms. The van der Waals surface area contributed by atoms with Crippen molar-refractivity contribution < 1.29 is 8.02 Å². The van der Waals surface area contributed by atoms with Gasteiger partial charge in [0.15, 0.2) is 0 Å². The number of rotatable bonds is 1. The van der Waals surface area contributed by atoms with Gasteiger partial charge in [0.1, 0.15) is 0 Å². The fourth-order valence-corrected chi connectivity index (χ4v) is 7.47. The van der Waals surface area contributed by atoms with E-state index in [0.717, 1.165) is 2.21 Å². The van der Waals surface area contributed by atoms with E-state index in [2.05, 4.69) is 0 Å². The van der Waals surface area contributed by atoms with Crippen LogP contribution in [-0.2, 0) is 3.83 Å². The van der Waals surface area contributed by atoms with Crippen molar-refractivity contribution in [3.05, 3.63) is 9.88 Å². The SMILES string of the molecule is O=[Se](O)c1[se]cc[se+]1. The Morgan fingerprint density at radius 1 is 1.88 bits per heavy atom. The first-order chi connectivity index (χ1) is 3.80. The van der Waals surface area contributed by atoms with Crippen LogP contribution in [0.15, 0.2) is 9.88 Å². The Bertz CT molecular complexity index is 180. The second-order valence-electron chi connectivity index (χ2n) is 1.01. The molecule has 0 fully saturated rings. The Morgan fingerprint density at radius 2 is 2.62 bits per heavy atom. The maximum absolute atomic E-state index is 10.4. The van der Waals surface area contributed by atoms with Gasteiger partial charge in [-0.2, -0.15) is 0 Å². The summed E-state index contributed by atoms with van der Waals surface area (Å²) in [6.45, 7) is 0. The summed E-state index contributed by atoms with van der Waals surface area (Å²) < 4.78 is 19.9. The molecule has 0 aliphatic heterocycles. The molecule has 0 spiro atoms. The molecule has 0 aliphatic rings. The summed E-state index contributed by atoms with van der Waals surface area (Å²) in [6.07, 6.45) is 0. The predicted octanol–water partition coefficient (Wildman–Crippen LogP) is -1.80. The van der Waals surface area contributed by atoms with Crippen LogP contribution in [0, 0.1) is 0 Å². The fourth-order valence-electron chi connectivity index (χ4n) is 0.277. The molecule has 0 bridgehead atoms. The number of hydrogen-bond acceptors (Lipinski definition) is 1. The van der Waals surface area contributed by atoms with Gasteiger partial charge in [-0.05, 0) is 0 Å². The molecule has 0 aromatic carbocycles. The molecule has 8 heavy (non-hydrogen) atoms. The zero-order valence-corrected chi connectivity index (χ0v) is 8.87. The maximum atomic E-state index is 10.4. The van der Waals surface area contributed by atoms with Crippen LogP contribution in [0.5, 0.6) is 0 Å². The van der Waals surface area contributed by atoms with Crippen molar-refractivity contribution in [2.75, 3.05) is 0 Å². The third kappa shape index (κ3) is 1.71. The van der Waals surface area contributed by atoms with Gasteiger partial charge in [-0.15, -0.1) is 0 Å². The van der Waals surface area contributed by atoms with E-state index in [1.807, 2.05) is 9.88 Å². The molecule has 0 radical (unpaired) electrons. The van der Waals surface area contributed by atoms with Gasteiger partial charge in [0.2, 0.25) is 0 Å². The van der Waals surface area contributed by atoms with E-state index in [1.54, 1.807) is 0 Å². The van der Waals surface area contributed by atoms with E-state index in [-0.39, 0.29) is 29.0 Å². The summed E-state index contributed by atoms with van der Waals surface area (Å²) in [5.41, 5.74) is 0. The van der Waals surface area contributed by atoms with Gasteiger partial charge in [-0.25, -0.2) is 0 Å². The van der Waals surface area contributed by atoms with Crippen molar-refractivity contribution in [2.24, 2.45) is 0 Å². The Kier molecular flexibility index (Phi) is 2.80. The average Bonchev–Trinajstić information content (AvgIpc) is 2.12. The van der Waals surface area contributed by atoms with Crippen molar-refractivity contribution >= 4 is 45.4 Å². The van der Waals surface area contributed by atoms with Crippen molar-refractivity contribution in [2.45, 2.75) is 0 Å². The molecule has 1 heterocycles. The molecule has 0 amide bonds. The Labute approximate surface area is 63.1 Å². The fraction of sp³-hybridized carbons (Fsp3) is 0. The summed E-state index contributed by atoms with van der Waals surface area (Å²) in [5, 5.41) is 0. The summed E-state index contributed by atoms with van der Waals surface area (Å²) in [4.78, 5) is 4.04. The van der Waals surface area contributed by atoms with Crippen LogP contribution in [0.1, 0.15) is 0 Å². The van der Waals surface area contributed by atoms with Crippen LogP contribution in [0.4, 0.5) is 0 Å². The minimum absolute atomic E-state index is 0.265. The first-order valence-electron chi connectivity index (χ1n) is 1.77. The second-order valence-corrected chi connectivity index (χ2v) is 10.7. The Balaban J connectivity index is 2.93. The molecule has 1 rings (SSSR count). The normalized spacial score (nSPS) is 13.6. The van der Waals surface area contributed by atoms with Crippen molar-refractivity contribution in [3.63, 3.8) is 0 Å². The van der Waals surface area contributed by atoms with Gasteiger partial charge < -0.3 is 0 Å². The van der Waals surface area contributed by atoms with Gasteiger partial charge in [0.25, 0.3) is 0 Å². The van der Waals surface area contributed by atoms with Gasteiger partial charge in [0, 0.05) is 0 Å². The van der Waals surface area contributed by atoms with E-state index in [4.69, 9.17) is 4.19 Å². The van der Waals surface area contributed by atoms with Gasteiger partial charge in [-0.3, -0.25) is 0 Å². The van der Waals surface area contributed by atoms with Crippen LogP contribution in [0.25, 0.3) is 0 Å². The van der Waals surface area contributed by atoms with Crippen LogP contribution >= 0.6 is 0 Å². The summed E-state index contributed by atoms with van der Waals surface area (Å²) in [7, 11) is 0. The second kappa shape index (κ2) is 3.19. The van der Waals surface area contributed by atoms with Gasteiger partial charge in [0.05, 0.1) is 0 Å². The topological polar surface area (TPSA) is 37.3 Å². The molecule has 0 saturated heterocycles. The predicted molar refractivity (Wildman–Crippen MR) is 33.0 cm³/mol. The molecule has 0 saturated carbocycles. The van der Waals surface area contributed by atoms with E-state index in [0.29, 0.717) is 0 Å². The third-order valence-electron chi connectivity index (χ3n) is 0.527. The van der Waals surface area contributed by atoms with Crippen molar-refractivity contribution in [1.29, 1.82) is 0 Å². The summed E-state index contributed by atoms with van der Waals surface area (Å²) in [5.74, 6) is 0. The summed E-state index contributed by atoms with van der Waals surface area (Å²) >= 11 is -1.92. The number of hydrogen-bond donors (Lipinski definition) is 1. The average molecular weight is 308 g/mol. The molecule has 44 valence electrons. The third-order valence-corrected chi connectivity index (χ3v) is 11.3. The monoisotopic (exact) mass is 311 g/mol. The molecular formula is C3H3O2Se3+. The van der Waals surface area contributed by atoms with Gasteiger partial charge >= 0.3 is 63.3 Å². The molecule has 2 nitrogen and oxygen atoms in total. The Hall–Kier alpha value is 0.928. The van der Waals surface area contributed by atoms with Crippen LogP contribution in [-0.4, -0.2) is 47.4 Å². The zero-order valence-electron chi connectivity index (χ0n) is 3.73. The van der Waals surface area contributed by atoms with E-state index in [1.165, 1.54) is 0 Å². The first kappa shape index (κ1) is 7.04. The molecule has 0 aliphatic carbocycles. The van der Waals surface area contributed by atoms with Crippen LogP contribution < -0.4 is 2.21 Å². The zero-order chi connectivity index (χ0) is 5.98. The molecule has 1 aromatic rings.